The second kappa shape index (κ2) is 7.97. The number of methoxy groups -OCH3 is 1. The summed E-state index contributed by atoms with van der Waals surface area (Å²) < 4.78 is 38.4. The van der Waals surface area contributed by atoms with Crippen molar-refractivity contribution < 1.29 is 27.2 Å². The number of ether oxygens (including phenoxy) is 2. The predicted molar refractivity (Wildman–Crippen MR) is 98.2 cm³/mol. The van der Waals surface area contributed by atoms with E-state index < -0.39 is 16.0 Å². The van der Waals surface area contributed by atoms with Crippen molar-refractivity contribution in [2.24, 2.45) is 5.14 Å². The quantitative estimate of drug-likeness (QED) is 0.597. The normalized spacial score (nSPS) is 11.2. The van der Waals surface area contributed by atoms with Crippen molar-refractivity contribution in [1.29, 1.82) is 0 Å². The summed E-state index contributed by atoms with van der Waals surface area (Å²) in [6, 6.07) is 10.7. The van der Waals surface area contributed by atoms with E-state index in [0.717, 1.165) is 6.07 Å². The van der Waals surface area contributed by atoms with Gasteiger partial charge < -0.3 is 14.0 Å². The maximum absolute atomic E-state index is 12.2. The molecule has 0 aliphatic carbocycles. The molecule has 3 aromatic rings. The second-order valence-electron chi connectivity index (χ2n) is 5.48. The van der Waals surface area contributed by atoms with E-state index in [1.54, 1.807) is 24.3 Å². The molecule has 0 amide bonds. The molecular weight excluding hydrogens is 410 g/mol. The third kappa shape index (κ3) is 4.30. The van der Waals surface area contributed by atoms with Gasteiger partial charge in [-0.15, -0.1) is 0 Å². The molecule has 2 aromatic carbocycles. The van der Waals surface area contributed by atoms with Gasteiger partial charge in [-0.2, -0.15) is 4.98 Å². The van der Waals surface area contributed by atoms with Crippen molar-refractivity contribution in [3.8, 4) is 17.1 Å². The van der Waals surface area contributed by atoms with Crippen LogP contribution in [-0.2, 0) is 21.4 Å². The van der Waals surface area contributed by atoms with Gasteiger partial charge in [0.15, 0.2) is 6.61 Å². The van der Waals surface area contributed by atoms with Crippen LogP contribution in [0.2, 0.25) is 5.02 Å². The first-order chi connectivity index (χ1) is 13.3. The molecule has 146 valence electrons. The molecule has 0 spiro atoms. The highest BCUT2D eigenvalue weighted by Gasteiger charge is 2.18. The van der Waals surface area contributed by atoms with E-state index in [4.69, 9.17) is 30.7 Å². The molecule has 0 aliphatic rings. The van der Waals surface area contributed by atoms with E-state index in [1.807, 2.05) is 0 Å². The van der Waals surface area contributed by atoms with Gasteiger partial charge in [-0.3, -0.25) is 0 Å². The molecule has 0 fully saturated rings. The molecule has 0 unspecified atom stereocenters. The summed E-state index contributed by atoms with van der Waals surface area (Å²) in [6.07, 6.45) is 0. The molecule has 0 aliphatic heterocycles. The van der Waals surface area contributed by atoms with Crippen molar-refractivity contribution in [3.05, 3.63) is 58.9 Å². The Balaban J connectivity index is 1.73. The van der Waals surface area contributed by atoms with E-state index in [2.05, 4.69) is 10.1 Å². The van der Waals surface area contributed by atoms with Crippen LogP contribution in [0.25, 0.3) is 11.4 Å². The van der Waals surface area contributed by atoms with Crippen molar-refractivity contribution in [2.75, 3.05) is 7.11 Å². The number of hydrogen-bond donors (Lipinski definition) is 1. The topological polar surface area (TPSA) is 135 Å². The number of halogens is 1. The van der Waals surface area contributed by atoms with Crippen LogP contribution in [0, 0.1) is 0 Å². The van der Waals surface area contributed by atoms with Crippen LogP contribution in [0.15, 0.2) is 51.9 Å². The summed E-state index contributed by atoms with van der Waals surface area (Å²) in [7, 11) is -2.57. The van der Waals surface area contributed by atoms with Crippen molar-refractivity contribution in [2.45, 2.75) is 11.5 Å². The highest BCUT2D eigenvalue weighted by Crippen LogP contribution is 2.27. The molecule has 1 heterocycles. The van der Waals surface area contributed by atoms with Crippen LogP contribution < -0.4 is 9.88 Å². The van der Waals surface area contributed by atoms with Gasteiger partial charge in [-0.05, 0) is 30.3 Å². The second-order valence-corrected chi connectivity index (χ2v) is 7.42. The van der Waals surface area contributed by atoms with Gasteiger partial charge in [0.1, 0.15) is 10.6 Å². The number of para-hydroxylation sites is 1. The highest BCUT2D eigenvalue weighted by atomic mass is 35.5. The number of benzene rings is 2. The summed E-state index contributed by atoms with van der Waals surface area (Å²) in [6.45, 7) is -0.311. The van der Waals surface area contributed by atoms with Gasteiger partial charge in [-0.1, -0.05) is 28.9 Å². The molecule has 0 radical (unpaired) electrons. The minimum absolute atomic E-state index is 0.0436. The number of carbonyl (C=O) groups excluding carboxylic acids is 1. The van der Waals surface area contributed by atoms with E-state index in [1.165, 1.54) is 19.2 Å². The lowest BCUT2D eigenvalue weighted by atomic mass is 10.2. The zero-order valence-electron chi connectivity index (χ0n) is 14.5. The number of esters is 1. The Labute approximate surface area is 165 Å². The van der Waals surface area contributed by atoms with Gasteiger partial charge in [0, 0.05) is 0 Å². The molecule has 1 aromatic heterocycles. The van der Waals surface area contributed by atoms with Crippen molar-refractivity contribution >= 4 is 27.6 Å². The Bertz CT molecular complexity index is 1130. The van der Waals surface area contributed by atoms with Crippen LogP contribution in [0.1, 0.15) is 16.2 Å². The largest absolute Gasteiger partial charge is 0.496 e. The molecule has 2 N–H and O–H groups in total. The first kappa shape index (κ1) is 19.8. The van der Waals surface area contributed by atoms with Crippen LogP contribution >= 0.6 is 11.6 Å². The van der Waals surface area contributed by atoms with Crippen molar-refractivity contribution in [3.63, 3.8) is 0 Å². The molecule has 0 saturated heterocycles. The van der Waals surface area contributed by atoms with E-state index in [9.17, 15) is 13.2 Å². The first-order valence-electron chi connectivity index (χ1n) is 7.75. The van der Waals surface area contributed by atoms with Crippen LogP contribution in [0.4, 0.5) is 0 Å². The number of carbonyl (C=O) groups is 1. The van der Waals surface area contributed by atoms with E-state index in [-0.39, 0.29) is 33.8 Å². The fourth-order valence-electron chi connectivity index (χ4n) is 2.31. The van der Waals surface area contributed by atoms with E-state index in [0.29, 0.717) is 11.3 Å². The Kier molecular flexibility index (Phi) is 5.63. The molecule has 0 atom stereocenters. The number of aromatic nitrogens is 2. The highest BCUT2D eigenvalue weighted by molar-refractivity contribution is 7.89. The Morgan fingerprint density at radius 3 is 2.71 bits per heavy atom. The molecule has 9 nitrogen and oxygen atoms in total. The smallest absolute Gasteiger partial charge is 0.338 e. The summed E-state index contributed by atoms with van der Waals surface area (Å²) in [4.78, 5) is 16.0. The number of rotatable bonds is 6. The third-order valence-corrected chi connectivity index (χ3v) is 5.01. The average molecular weight is 424 g/mol. The number of hydrogen-bond acceptors (Lipinski definition) is 8. The van der Waals surface area contributed by atoms with Crippen LogP contribution in [0.3, 0.4) is 0 Å². The number of nitrogens with zero attached hydrogens (tertiary/aromatic N) is 2. The Morgan fingerprint density at radius 2 is 2.00 bits per heavy atom. The van der Waals surface area contributed by atoms with Crippen molar-refractivity contribution in [1.82, 2.24) is 10.1 Å². The minimum atomic E-state index is -4.08. The minimum Gasteiger partial charge on any atom is -0.496 e. The molecule has 28 heavy (non-hydrogen) atoms. The summed E-state index contributed by atoms with van der Waals surface area (Å²) in [5.41, 5.74) is 0.569. The maximum atomic E-state index is 12.2. The molecule has 0 bridgehead atoms. The lowest BCUT2D eigenvalue weighted by molar-refractivity contribution is 0.0429. The Hall–Kier alpha value is -2.95. The molecule has 0 saturated carbocycles. The van der Waals surface area contributed by atoms with Crippen LogP contribution in [0.5, 0.6) is 5.75 Å². The fraction of sp³-hybridized carbons (Fsp3) is 0.118. The monoisotopic (exact) mass is 423 g/mol. The average Bonchev–Trinajstić information content (AvgIpc) is 3.14. The van der Waals surface area contributed by atoms with Gasteiger partial charge in [0.2, 0.25) is 15.8 Å². The zero-order chi connectivity index (χ0) is 20.3. The first-order valence-corrected chi connectivity index (χ1v) is 9.67. The SMILES string of the molecule is COc1ccccc1-c1noc(COC(=O)c2ccc(Cl)c(S(N)(=O)=O)c2)n1. The molecular formula is C17H14ClN3O6S. The summed E-state index contributed by atoms with van der Waals surface area (Å²) in [5.74, 6) is 0.0727. The molecule has 3 rings (SSSR count). The zero-order valence-corrected chi connectivity index (χ0v) is 16.0. The number of sulfonamides is 1. The Morgan fingerprint density at radius 1 is 1.25 bits per heavy atom. The standard InChI is InChI=1S/C17H14ClN3O6S/c1-25-13-5-3-2-4-11(13)16-20-15(27-21-16)9-26-17(22)10-6-7-12(18)14(8-10)28(19,23)24/h2-8H,9H2,1H3,(H2,19,23,24). The van der Waals surface area contributed by atoms with Gasteiger partial charge in [-0.25, -0.2) is 18.4 Å². The van der Waals surface area contributed by atoms with Gasteiger partial charge in [0.05, 0.1) is 23.3 Å². The lowest BCUT2D eigenvalue weighted by Gasteiger charge is -2.05. The van der Waals surface area contributed by atoms with Gasteiger partial charge in [0.25, 0.3) is 5.89 Å². The number of nitrogens with two attached hydrogens (primary N) is 1. The summed E-state index contributed by atoms with van der Waals surface area (Å²) >= 11 is 5.79. The van der Waals surface area contributed by atoms with Gasteiger partial charge >= 0.3 is 5.97 Å². The summed E-state index contributed by atoms with van der Waals surface area (Å²) in [5, 5.41) is 8.80. The predicted octanol–water partition coefficient (Wildman–Crippen LogP) is 2.40. The maximum Gasteiger partial charge on any atom is 0.338 e. The third-order valence-electron chi connectivity index (χ3n) is 3.62. The van der Waals surface area contributed by atoms with Crippen LogP contribution in [-0.4, -0.2) is 31.6 Å². The van der Waals surface area contributed by atoms with E-state index >= 15 is 0 Å². The number of primary sulfonamides is 1. The fourth-order valence-corrected chi connectivity index (χ4v) is 3.38. The lowest BCUT2D eigenvalue weighted by Crippen LogP contribution is -2.14. The molecule has 11 heteroatoms.